The molecular weight excluding hydrogens is 300 g/mol. The fraction of sp³-hybridized carbons (Fsp3) is 0.625. The predicted octanol–water partition coefficient (Wildman–Crippen LogP) is 4.35. The number of likely N-dealkylation sites (N-methyl/N-ethyl adjacent to an activating group) is 1. The smallest absolute Gasteiger partial charge is 0.0510 e. The summed E-state index contributed by atoms with van der Waals surface area (Å²) in [5.74, 6) is 0. The summed E-state index contributed by atoms with van der Waals surface area (Å²) in [6.07, 6.45) is 3.44. The average molecular weight is 327 g/mol. The van der Waals surface area contributed by atoms with Crippen LogP contribution in [0.15, 0.2) is 28.7 Å². The molecular formula is C16H27BrN2. The highest BCUT2D eigenvalue weighted by Crippen LogP contribution is 2.31. The van der Waals surface area contributed by atoms with Crippen LogP contribution < -0.4 is 5.73 Å². The van der Waals surface area contributed by atoms with Crippen molar-refractivity contribution in [2.24, 2.45) is 5.73 Å². The van der Waals surface area contributed by atoms with Gasteiger partial charge in [-0.3, -0.25) is 4.90 Å². The van der Waals surface area contributed by atoms with Crippen molar-refractivity contribution in [3.05, 3.63) is 34.3 Å². The molecule has 3 heteroatoms. The van der Waals surface area contributed by atoms with Gasteiger partial charge in [0.2, 0.25) is 0 Å². The molecule has 0 fully saturated rings. The lowest BCUT2D eigenvalue weighted by Gasteiger charge is -2.35. The van der Waals surface area contributed by atoms with Gasteiger partial charge in [0.15, 0.2) is 0 Å². The van der Waals surface area contributed by atoms with Crippen LogP contribution in [0.5, 0.6) is 0 Å². The average Bonchev–Trinajstić information content (AvgIpc) is 2.44. The lowest BCUT2D eigenvalue weighted by atomic mass is 9.96. The lowest BCUT2D eigenvalue weighted by Crippen LogP contribution is -2.41. The van der Waals surface area contributed by atoms with Crippen LogP contribution in [-0.2, 0) is 0 Å². The Morgan fingerprint density at radius 1 is 1.21 bits per heavy atom. The quantitative estimate of drug-likeness (QED) is 0.769. The van der Waals surface area contributed by atoms with Crippen molar-refractivity contribution in [3.8, 4) is 0 Å². The second-order valence-electron chi connectivity index (χ2n) is 5.02. The molecule has 0 saturated carbocycles. The van der Waals surface area contributed by atoms with Gasteiger partial charge < -0.3 is 5.73 Å². The molecule has 0 aliphatic rings. The number of benzene rings is 1. The molecule has 1 rings (SSSR count). The summed E-state index contributed by atoms with van der Waals surface area (Å²) in [7, 11) is 0. The Hall–Kier alpha value is -0.380. The molecule has 1 aromatic carbocycles. The van der Waals surface area contributed by atoms with Crippen LogP contribution >= 0.6 is 15.9 Å². The van der Waals surface area contributed by atoms with E-state index in [9.17, 15) is 0 Å². The Labute approximate surface area is 126 Å². The number of hydrogen-bond donors (Lipinski definition) is 1. The number of rotatable bonds is 8. The summed E-state index contributed by atoms with van der Waals surface area (Å²) in [6.45, 7) is 8.79. The fourth-order valence-corrected chi connectivity index (χ4v) is 3.01. The molecule has 2 unspecified atom stereocenters. The molecule has 19 heavy (non-hydrogen) atoms. The van der Waals surface area contributed by atoms with Gasteiger partial charge in [-0.25, -0.2) is 0 Å². The molecule has 0 spiro atoms. The highest BCUT2D eigenvalue weighted by Gasteiger charge is 2.25. The van der Waals surface area contributed by atoms with E-state index in [0.29, 0.717) is 6.04 Å². The zero-order valence-electron chi connectivity index (χ0n) is 12.4. The van der Waals surface area contributed by atoms with Crippen LogP contribution in [-0.4, -0.2) is 24.0 Å². The minimum atomic E-state index is 0.176. The van der Waals surface area contributed by atoms with Gasteiger partial charge in [0.25, 0.3) is 0 Å². The minimum Gasteiger partial charge on any atom is -0.326 e. The Kier molecular flexibility index (Phi) is 7.66. The molecule has 0 amide bonds. The summed E-state index contributed by atoms with van der Waals surface area (Å²) in [5.41, 5.74) is 7.72. The van der Waals surface area contributed by atoms with Gasteiger partial charge in [-0.2, -0.15) is 0 Å². The van der Waals surface area contributed by atoms with E-state index in [1.54, 1.807) is 0 Å². The number of nitrogens with two attached hydrogens (primary N) is 1. The van der Waals surface area contributed by atoms with E-state index >= 15 is 0 Å². The topological polar surface area (TPSA) is 29.3 Å². The third-order valence-electron chi connectivity index (χ3n) is 3.70. The number of hydrogen-bond acceptors (Lipinski definition) is 2. The zero-order chi connectivity index (χ0) is 14.3. The largest absolute Gasteiger partial charge is 0.326 e. The SMILES string of the molecule is CCCCN(CC)C(c1ccccc1Br)C(N)CC. The first-order chi connectivity index (χ1) is 9.15. The Balaban J connectivity index is 3.03. The van der Waals surface area contributed by atoms with Gasteiger partial charge in [0.1, 0.15) is 0 Å². The van der Waals surface area contributed by atoms with Crippen molar-refractivity contribution in [2.45, 2.75) is 52.1 Å². The maximum absolute atomic E-state index is 6.40. The van der Waals surface area contributed by atoms with Gasteiger partial charge in [-0.15, -0.1) is 0 Å². The molecule has 0 heterocycles. The maximum atomic E-state index is 6.40. The normalized spacial score (nSPS) is 14.6. The zero-order valence-corrected chi connectivity index (χ0v) is 14.0. The van der Waals surface area contributed by atoms with Crippen molar-refractivity contribution >= 4 is 15.9 Å². The first-order valence-corrected chi connectivity index (χ1v) is 8.18. The van der Waals surface area contributed by atoms with Crippen molar-refractivity contribution in [1.29, 1.82) is 0 Å². The van der Waals surface area contributed by atoms with Crippen LogP contribution in [0.3, 0.4) is 0 Å². The molecule has 0 aliphatic carbocycles. The molecule has 2 atom stereocenters. The van der Waals surface area contributed by atoms with Gasteiger partial charge in [-0.1, -0.05) is 61.3 Å². The Morgan fingerprint density at radius 3 is 2.42 bits per heavy atom. The van der Waals surface area contributed by atoms with Crippen LogP contribution in [0.25, 0.3) is 0 Å². The van der Waals surface area contributed by atoms with E-state index in [1.807, 2.05) is 0 Å². The van der Waals surface area contributed by atoms with Crippen molar-refractivity contribution in [1.82, 2.24) is 4.90 Å². The molecule has 1 aromatic rings. The molecule has 108 valence electrons. The molecule has 0 aromatic heterocycles. The van der Waals surface area contributed by atoms with Crippen LogP contribution in [0.4, 0.5) is 0 Å². The van der Waals surface area contributed by atoms with Crippen LogP contribution in [0, 0.1) is 0 Å². The van der Waals surface area contributed by atoms with E-state index in [-0.39, 0.29) is 6.04 Å². The molecule has 0 radical (unpaired) electrons. The van der Waals surface area contributed by atoms with Gasteiger partial charge in [0.05, 0.1) is 6.04 Å². The summed E-state index contributed by atoms with van der Waals surface area (Å²) < 4.78 is 1.17. The number of unbranched alkanes of at least 4 members (excludes halogenated alkanes) is 1. The number of nitrogens with zero attached hydrogens (tertiary/aromatic N) is 1. The first-order valence-electron chi connectivity index (χ1n) is 7.39. The Morgan fingerprint density at radius 2 is 1.89 bits per heavy atom. The van der Waals surface area contributed by atoms with E-state index in [1.165, 1.54) is 22.9 Å². The van der Waals surface area contributed by atoms with Crippen molar-refractivity contribution in [3.63, 3.8) is 0 Å². The van der Waals surface area contributed by atoms with E-state index in [4.69, 9.17) is 5.73 Å². The summed E-state index contributed by atoms with van der Waals surface area (Å²) in [4.78, 5) is 2.51. The summed E-state index contributed by atoms with van der Waals surface area (Å²) in [5, 5.41) is 0. The second kappa shape index (κ2) is 8.72. The highest BCUT2D eigenvalue weighted by molar-refractivity contribution is 9.10. The highest BCUT2D eigenvalue weighted by atomic mass is 79.9. The van der Waals surface area contributed by atoms with Gasteiger partial charge in [0, 0.05) is 10.5 Å². The van der Waals surface area contributed by atoms with Gasteiger partial charge in [-0.05, 0) is 37.6 Å². The van der Waals surface area contributed by atoms with Crippen LogP contribution in [0.1, 0.15) is 51.6 Å². The standard InChI is InChI=1S/C16H27BrN2/c1-4-7-12-19(6-3)16(15(18)5-2)13-10-8-9-11-14(13)17/h8-11,15-16H,4-7,12,18H2,1-3H3. The summed E-state index contributed by atoms with van der Waals surface area (Å²) in [6, 6.07) is 8.94. The predicted molar refractivity (Wildman–Crippen MR) is 87.3 cm³/mol. The fourth-order valence-electron chi connectivity index (χ4n) is 2.49. The van der Waals surface area contributed by atoms with E-state index in [2.05, 4.69) is 65.9 Å². The molecule has 2 N–H and O–H groups in total. The monoisotopic (exact) mass is 326 g/mol. The lowest BCUT2D eigenvalue weighted by molar-refractivity contribution is 0.174. The second-order valence-corrected chi connectivity index (χ2v) is 5.87. The molecule has 2 nitrogen and oxygen atoms in total. The van der Waals surface area contributed by atoms with Crippen molar-refractivity contribution in [2.75, 3.05) is 13.1 Å². The molecule has 0 aliphatic heterocycles. The summed E-state index contributed by atoms with van der Waals surface area (Å²) >= 11 is 3.68. The van der Waals surface area contributed by atoms with Gasteiger partial charge >= 0.3 is 0 Å². The Bertz CT molecular complexity index is 368. The minimum absolute atomic E-state index is 0.176. The maximum Gasteiger partial charge on any atom is 0.0510 e. The molecule has 0 saturated heterocycles. The van der Waals surface area contributed by atoms with Crippen molar-refractivity contribution < 1.29 is 0 Å². The third kappa shape index (κ3) is 4.59. The molecule has 0 bridgehead atoms. The van der Waals surface area contributed by atoms with E-state index in [0.717, 1.165) is 19.5 Å². The first kappa shape index (κ1) is 16.7. The third-order valence-corrected chi connectivity index (χ3v) is 4.42. The van der Waals surface area contributed by atoms with E-state index < -0.39 is 0 Å². The van der Waals surface area contributed by atoms with Crippen LogP contribution in [0.2, 0.25) is 0 Å². The number of halogens is 1.